The first kappa shape index (κ1) is 27.4. The van der Waals surface area contributed by atoms with E-state index in [1.165, 1.54) is 0 Å². The Hall–Kier alpha value is -1.62. The number of amides is 2. The van der Waals surface area contributed by atoms with E-state index in [4.69, 9.17) is 9.47 Å². The molecule has 2 unspecified atom stereocenters. The zero-order valence-corrected chi connectivity index (χ0v) is 22.6. The van der Waals surface area contributed by atoms with Crippen molar-refractivity contribution in [2.45, 2.75) is 55.7 Å². The molecule has 0 saturated carbocycles. The molecule has 4 fully saturated rings. The van der Waals surface area contributed by atoms with E-state index in [0.29, 0.717) is 32.7 Å². The molecule has 4 aliphatic rings. The maximum atomic E-state index is 14.4. The molecule has 0 aromatic heterocycles. The lowest BCUT2D eigenvalue weighted by molar-refractivity contribution is -0.154. The molecule has 10 heteroatoms. The number of hydrogen-bond acceptors (Lipinski definition) is 8. The minimum absolute atomic E-state index is 0.0247. The third kappa shape index (κ3) is 4.70. The SMILES string of the molecule is C=CCN(CCN1CCOCC1)C(=O)C1N([C@@H](CO)C(C)C)C(=O)[C@@H]2[C@@H](C(=O)OCC)[C@H]3CCC12S3. The molecule has 1 spiro atoms. The van der Waals surface area contributed by atoms with Crippen molar-refractivity contribution in [3.63, 3.8) is 0 Å². The van der Waals surface area contributed by atoms with Gasteiger partial charge in [0.25, 0.3) is 0 Å². The second-order valence-electron chi connectivity index (χ2n) is 10.6. The zero-order chi connectivity index (χ0) is 26.0. The quantitative estimate of drug-likeness (QED) is 0.316. The van der Waals surface area contributed by atoms with Crippen LogP contribution in [0.4, 0.5) is 0 Å². The molecule has 4 aliphatic heterocycles. The van der Waals surface area contributed by atoms with Gasteiger partial charge in [-0.15, -0.1) is 18.3 Å². The Morgan fingerprint density at radius 2 is 2.08 bits per heavy atom. The van der Waals surface area contributed by atoms with Crippen LogP contribution in [0.2, 0.25) is 0 Å². The number of aliphatic hydroxyl groups is 1. The van der Waals surface area contributed by atoms with Crippen LogP contribution >= 0.6 is 11.8 Å². The highest BCUT2D eigenvalue weighted by atomic mass is 32.2. The Morgan fingerprint density at radius 1 is 1.36 bits per heavy atom. The number of aliphatic hydroxyl groups excluding tert-OH is 1. The van der Waals surface area contributed by atoms with Gasteiger partial charge in [-0.1, -0.05) is 19.9 Å². The maximum Gasteiger partial charge on any atom is 0.310 e. The van der Waals surface area contributed by atoms with Crippen molar-refractivity contribution in [1.29, 1.82) is 0 Å². The predicted octanol–water partition coefficient (Wildman–Crippen LogP) is 1.00. The first-order valence-electron chi connectivity index (χ1n) is 13.3. The lowest BCUT2D eigenvalue weighted by atomic mass is 9.71. The van der Waals surface area contributed by atoms with E-state index in [1.807, 2.05) is 13.8 Å². The smallest absolute Gasteiger partial charge is 0.310 e. The van der Waals surface area contributed by atoms with Crippen LogP contribution in [-0.4, -0.2) is 119 Å². The maximum absolute atomic E-state index is 14.4. The summed E-state index contributed by atoms with van der Waals surface area (Å²) in [5.74, 6) is -1.86. The summed E-state index contributed by atoms with van der Waals surface area (Å²) in [4.78, 5) is 47.2. The molecule has 2 bridgehead atoms. The molecule has 4 heterocycles. The van der Waals surface area contributed by atoms with E-state index >= 15 is 0 Å². The summed E-state index contributed by atoms with van der Waals surface area (Å²) in [6, 6.07) is -1.23. The second-order valence-corrected chi connectivity index (χ2v) is 12.2. The molecule has 9 nitrogen and oxygen atoms in total. The summed E-state index contributed by atoms with van der Waals surface area (Å²) in [5, 5.41) is 10.3. The molecule has 1 N–H and O–H groups in total. The normalized spacial score (nSPS) is 32.6. The Kier molecular flexibility index (Phi) is 8.69. The number of carbonyl (C=O) groups is 3. The van der Waals surface area contributed by atoms with Crippen LogP contribution in [0.5, 0.6) is 0 Å². The topological polar surface area (TPSA) is 99.6 Å². The highest BCUT2D eigenvalue weighted by Gasteiger charge is 2.74. The molecule has 202 valence electrons. The van der Waals surface area contributed by atoms with Gasteiger partial charge in [-0.25, -0.2) is 0 Å². The van der Waals surface area contributed by atoms with Gasteiger partial charge in [0.2, 0.25) is 11.8 Å². The second kappa shape index (κ2) is 11.4. The summed E-state index contributed by atoms with van der Waals surface area (Å²) < 4.78 is 10.2. The number of esters is 1. The van der Waals surface area contributed by atoms with Crippen molar-refractivity contribution in [3.05, 3.63) is 12.7 Å². The van der Waals surface area contributed by atoms with Crippen LogP contribution in [0, 0.1) is 17.8 Å². The fraction of sp³-hybridized carbons (Fsp3) is 0.808. The molecule has 4 rings (SSSR count). The molecule has 0 aromatic rings. The van der Waals surface area contributed by atoms with E-state index < -0.39 is 28.7 Å². The van der Waals surface area contributed by atoms with Gasteiger partial charge >= 0.3 is 5.97 Å². The first-order valence-corrected chi connectivity index (χ1v) is 14.2. The van der Waals surface area contributed by atoms with E-state index in [9.17, 15) is 19.5 Å². The number of nitrogens with zero attached hydrogens (tertiary/aromatic N) is 3. The van der Waals surface area contributed by atoms with Gasteiger partial charge in [0, 0.05) is 38.0 Å². The van der Waals surface area contributed by atoms with Crippen LogP contribution in [0.25, 0.3) is 0 Å². The molecule has 36 heavy (non-hydrogen) atoms. The minimum atomic E-state index is -0.728. The largest absolute Gasteiger partial charge is 0.466 e. The van der Waals surface area contributed by atoms with Crippen LogP contribution in [0.3, 0.4) is 0 Å². The third-order valence-electron chi connectivity index (χ3n) is 8.30. The third-order valence-corrected chi connectivity index (χ3v) is 10.2. The van der Waals surface area contributed by atoms with Crippen LogP contribution in [0.1, 0.15) is 33.6 Å². The fourth-order valence-electron chi connectivity index (χ4n) is 6.56. The van der Waals surface area contributed by atoms with Gasteiger partial charge in [-0.3, -0.25) is 19.3 Å². The number of thioether (sulfide) groups is 1. The summed E-state index contributed by atoms with van der Waals surface area (Å²) in [6.07, 6.45) is 3.19. The van der Waals surface area contributed by atoms with Crippen molar-refractivity contribution >= 4 is 29.5 Å². The van der Waals surface area contributed by atoms with Crippen molar-refractivity contribution < 1.29 is 29.0 Å². The van der Waals surface area contributed by atoms with E-state index in [-0.39, 0.29) is 42.2 Å². The Bertz CT molecular complexity index is 850. The van der Waals surface area contributed by atoms with Crippen molar-refractivity contribution in [2.24, 2.45) is 17.8 Å². The summed E-state index contributed by atoms with van der Waals surface area (Å²) in [7, 11) is 0. The Balaban J connectivity index is 1.68. The van der Waals surface area contributed by atoms with E-state index in [1.54, 1.807) is 34.6 Å². The predicted molar refractivity (Wildman–Crippen MR) is 137 cm³/mol. The van der Waals surface area contributed by atoms with E-state index in [2.05, 4.69) is 11.5 Å². The average Bonchev–Trinajstić information content (AvgIpc) is 3.50. The minimum Gasteiger partial charge on any atom is -0.466 e. The molecular formula is C26H41N3O6S. The van der Waals surface area contributed by atoms with Crippen molar-refractivity contribution in [2.75, 3.05) is 59.2 Å². The van der Waals surface area contributed by atoms with Crippen LogP contribution in [0.15, 0.2) is 12.7 Å². The standard InChI is InChI=1S/C26H41N3O6S/c1-5-9-28(11-10-27-12-14-34-15-13-27)24(32)22-26-8-7-19(36-26)20(25(33)35-6-2)21(26)23(31)29(22)18(16-30)17(3)4/h5,17-22,30H,1,6-16H2,2-4H3/t18-,19+,20-,21-,22?,26?/m0/s1. The number of carbonyl (C=O) groups excluding carboxylic acids is 3. The Labute approximate surface area is 218 Å². The van der Waals surface area contributed by atoms with Crippen LogP contribution in [-0.2, 0) is 23.9 Å². The number of likely N-dealkylation sites (tertiary alicyclic amines) is 1. The van der Waals surface area contributed by atoms with Crippen molar-refractivity contribution in [3.8, 4) is 0 Å². The van der Waals surface area contributed by atoms with Gasteiger partial charge in [0.05, 0.1) is 49.1 Å². The molecule has 0 radical (unpaired) electrons. The fourth-order valence-corrected chi connectivity index (χ4v) is 8.75. The zero-order valence-electron chi connectivity index (χ0n) is 21.8. The molecule has 4 saturated heterocycles. The Morgan fingerprint density at radius 3 is 2.69 bits per heavy atom. The highest BCUT2D eigenvalue weighted by molar-refractivity contribution is 8.02. The average molecular weight is 524 g/mol. The van der Waals surface area contributed by atoms with E-state index in [0.717, 1.165) is 26.1 Å². The lowest BCUT2D eigenvalue weighted by Gasteiger charge is -2.41. The molecule has 0 aromatic carbocycles. The van der Waals surface area contributed by atoms with Gasteiger partial charge in [-0.05, 0) is 25.7 Å². The number of rotatable bonds is 11. The van der Waals surface area contributed by atoms with Crippen LogP contribution < -0.4 is 0 Å². The van der Waals surface area contributed by atoms with Crippen molar-refractivity contribution in [1.82, 2.24) is 14.7 Å². The first-order chi connectivity index (χ1) is 17.3. The van der Waals surface area contributed by atoms with Gasteiger partial charge in [0.1, 0.15) is 6.04 Å². The summed E-state index contributed by atoms with van der Waals surface area (Å²) >= 11 is 1.63. The summed E-state index contributed by atoms with van der Waals surface area (Å²) in [5.41, 5.74) is 0. The summed E-state index contributed by atoms with van der Waals surface area (Å²) in [6.45, 7) is 14.2. The van der Waals surface area contributed by atoms with Gasteiger partial charge in [0.15, 0.2) is 0 Å². The van der Waals surface area contributed by atoms with Gasteiger partial charge in [-0.2, -0.15) is 0 Å². The molecule has 2 amide bonds. The molecular weight excluding hydrogens is 482 g/mol. The lowest BCUT2D eigenvalue weighted by Crippen LogP contribution is -2.59. The number of fused-ring (bicyclic) bond motifs is 1. The number of hydrogen-bond donors (Lipinski definition) is 1. The number of morpholine rings is 1. The highest BCUT2D eigenvalue weighted by Crippen LogP contribution is 2.67. The molecule has 0 aliphatic carbocycles. The monoisotopic (exact) mass is 523 g/mol. The molecule has 6 atom stereocenters. The number of ether oxygens (including phenoxy) is 2. The van der Waals surface area contributed by atoms with Gasteiger partial charge < -0.3 is 24.4 Å².